The lowest BCUT2D eigenvalue weighted by Crippen LogP contribution is -2.25. The third-order valence-electron chi connectivity index (χ3n) is 4.89. The minimum atomic E-state index is -0.656. The summed E-state index contributed by atoms with van der Waals surface area (Å²) >= 11 is 6.14. The Morgan fingerprint density at radius 1 is 0.871 bits per heavy atom. The normalized spacial score (nSPS) is 11.2. The van der Waals surface area contributed by atoms with Crippen molar-refractivity contribution in [2.24, 2.45) is 0 Å². The van der Waals surface area contributed by atoms with E-state index in [9.17, 15) is 9.59 Å². The maximum absolute atomic E-state index is 13.1. The Morgan fingerprint density at radius 3 is 2.23 bits per heavy atom. The molecule has 31 heavy (non-hydrogen) atoms. The molecule has 3 rings (SSSR count). The van der Waals surface area contributed by atoms with Gasteiger partial charge in [-0.2, -0.15) is 0 Å². The van der Waals surface area contributed by atoms with Gasteiger partial charge >= 0.3 is 5.97 Å². The first-order valence-electron chi connectivity index (χ1n) is 10.1. The summed E-state index contributed by atoms with van der Waals surface area (Å²) in [6.07, 6.45) is 0. The summed E-state index contributed by atoms with van der Waals surface area (Å²) in [5.41, 5.74) is 4.20. The lowest BCUT2D eigenvalue weighted by Gasteiger charge is -2.21. The highest BCUT2D eigenvalue weighted by atomic mass is 35.5. The molecule has 0 radical (unpaired) electrons. The number of hydrogen-bond acceptors (Lipinski definition) is 3. The quantitative estimate of drug-likeness (QED) is 0.457. The number of ether oxygens (including phenoxy) is 1. The zero-order chi connectivity index (χ0) is 22.8. The van der Waals surface area contributed by atoms with E-state index in [4.69, 9.17) is 16.3 Å². The average Bonchev–Trinajstić information content (AvgIpc) is 2.68. The van der Waals surface area contributed by atoms with Crippen LogP contribution in [0.15, 0.2) is 60.7 Å². The number of halogens is 1. The van der Waals surface area contributed by atoms with E-state index in [0.29, 0.717) is 21.8 Å². The summed E-state index contributed by atoms with van der Waals surface area (Å²) in [6, 6.07) is 18.2. The van der Waals surface area contributed by atoms with Crippen molar-refractivity contribution in [2.75, 3.05) is 5.32 Å². The number of anilines is 1. The molecular formula is C26H26ClNO3. The van der Waals surface area contributed by atoms with Crippen molar-refractivity contribution < 1.29 is 14.3 Å². The zero-order valence-corrected chi connectivity index (χ0v) is 19.1. The van der Waals surface area contributed by atoms with Gasteiger partial charge in [-0.25, -0.2) is 4.79 Å². The SMILES string of the molecule is Cc1cccc(C(=O)Nc2cc(-c3cccc(Cl)c3)ccc2C(=O)OC(C)(C)C)c1C. The van der Waals surface area contributed by atoms with Gasteiger partial charge in [-0.05, 0) is 87.2 Å². The summed E-state index contributed by atoms with van der Waals surface area (Å²) in [4.78, 5) is 25.9. The number of hydrogen-bond donors (Lipinski definition) is 1. The molecule has 0 aromatic heterocycles. The maximum Gasteiger partial charge on any atom is 0.340 e. The predicted octanol–water partition coefficient (Wildman–Crippen LogP) is 6.83. The van der Waals surface area contributed by atoms with E-state index < -0.39 is 11.6 Å². The van der Waals surface area contributed by atoms with Crippen molar-refractivity contribution in [3.05, 3.63) is 87.9 Å². The fourth-order valence-corrected chi connectivity index (χ4v) is 3.38. The van der Waals surface area contributed by atoms with Crippen molar-refractivity contribution in [3.63, 3.8) is 0 Å². The zero-order valence-electron chi connectivity index (χ0n) is 18.4. The molecule has 0 bridgehead atoms. The predicted molar refractivity (Wildman–Crippen MR) is 126 cm³/mol. The van der Waals surface area contributed by atoms with E-state index in [2.05, 4.69) is 5.32 Å². The number of benzene rings is 3. The smallest absolute Gasteiger partial charge is 0.340 e. The number of carbonyl (C=O) groups excluding carboxylic acids is 2. The van der Waals surface area contributed by atoms with Crippen molar-refractivity contribution in [2.45, 2.75) is 40.2 Å². The van der Waals surface area contributed by atoms with E-state index >= 15 is 0 Å². The van der Waals surface area contributed by atoms with Gasteiger partial charge in [0.2, 0.25) is 0 Å². The number of rotatable bonds is 4. The number of aryl methyl sites for hydroxylation is 1. The van der Waals surface area contributed by atoms with Crippen LogP contribution in [-0.2, 0) is 4.74 Å². The summed E-state index contributed by atoms with van der Waals surface area (Å²) in [6.45, 7) is 9.28. The van der Waals surface area contributed by atoms with Crippen molar-refractivity contribution in [1.82, 2.24) is 0 Å². The Kier molecular flexibility index (Phi) is 6.51. The van der Waals surface area contributed by atoms with Crippen molar-refractivity contribution in [3.8, 4) is 11.1 Å². The van der Waals surface area contributed by atoms with Crippen LogP contribution in [0.4, 0.5) is 5.69 Å². The minimum Gasteiger partial charge on any atom is -0.456 e. The molecule has 0 heterocycles. The van der Waals surface area contributed by atoms with Crippen LogP contribution in [-0.4, -0.2) is 17.5 Å². The monoisotopic (exact) mass is 435 g/mol. The molecule has 0 spiro atoms. The second-order valence-electron chi connectivity index (χ2n) is 8.47. The lowest BCUT2D eigenvalue weighted by molar-refractivity contribution is 0.00708. The molecule has 0 atom stereocenters. The molecule has 0 aliphatic heterocycles. The molecule has 0 aliphatic carbocycles. The number of nitrogens with one attached hydrogen (secondary N) is 1. The molecule has 0 saturated heterocycles. The summed E-state index contributed by atoms with van der Waals surface area (Å²) in [7, 11) is 0. The third kappa shape index (κ3) is 5.53. The minimum absolute atomic E-state index is 0.283. The fraction of sp³-hybridized carbons (Fsp3) is 0.231. The topological polar surface area (TPSA) is 55.4 Å². The van der Waals surface area contributed by atoms with Gasteiger partial charge in [-0.3, -0.25) is 4.79 Å². The van der Waals surface area contributed by atoms with Gasteiger partial charge in [-0.1, -0.05) is 41.9 Å². The Hall–Kier alpha value is -3.11. The van der Waals surface area contributed by atoms with E-state index in [1.807, 2.05) is 50.2 Å². The van der Waals surface area contributed by atoms with Gasteiger partial charge in [0, 0.05) is 10.6 Å². The van der Waals surface area contributed by atoms with Crippen molar-refractivity contribution in [1.29, 1.82) is 0 Å². The first kappa shape index (κ1) is 22.6. The molecule has 0 saturated carbocycles. The number of carbonyl (C=O) groups is 2. The fourth-order valence-electron chi connectivity index (χ4n) is 3.19. The third-order valence-corrected chi connectivity index (χ3v) is 5.13. The molecule has 160 valence electrons. The van der Waals surface area contributed by atoms with Gasteiger partial charge < -0.3 is 10.1 Å². The molecule has 3 aromatic rings. The molecule has 4 nitrogen and oxygen atoms in total. The standard InChI is InChI=1S/C26H26ClNO3/c1-16-8-6-11-21(17(16)2)24(29)28-23-15-19(18-9-7-10-20(27)14-18)12-13-22(23)25(30)31-26(3,4)5/h6-15H,1-5H3,(H,28,29). The van der Waals surface area contributed by atoms with Gasteiger partial charge in [0.15, 0.2) is 0 Å². The van der Waals surface area contributed by atoms with Crippen LogP contribution in [0.1, 0.15) is 52.6 Å². The van der Waals surface area contributed by atoms with Crippen molar-refractivity contribution >= 4 is 29.2 Å². The molecule has 0 fully saturated rings. The Morgan fingerprint density at radius 2 is 1.55 bits per heavy atom. The van der Waals surface area contributed by atoms with Crippen LogP contribution >= 0.6 is 11.6 Å². The number of amides is 1. The van der Waals surface area contributed by atoms with Crippen LogP contribution in [0.2, 0.25) is 5.02 Å². The highest BCUT2D eigenvalue weighted by Crippen LogP contribution is 2.29. The van der Waals surface area contributed by atoms with Crippen LogP contribution in [0, 0.1) is 13.8 Å². The van der Waals surface area contributed by atoms with Crippen LogP contribution in [0.3, 0.4) is 0 Å². The molecule has 1 N–H and O–H groups in total. The summed E-state index contributed by atoms with van der Waals surface area (Å²) in [5.74, 6) is -0.782. The molecular weight excluding hydrogens is 410 g/mol. The van der Waals surface area contributed by atoms with Gasteiger partial charge in [0.25, 0.3) is 5.91 Å². The van der Waals surface area contributed by atoms with Gasteiger partial charge in [0.05, 0.1) is 11.3 Å². The molecule has 1 amide bonds. The Balaban J connectivity index is 2.05. The van der Waals surface area contributed by atoms with E-state index in [1.165, 1.54) is 0 Å². The Bertz CT molecular complexity index is 1150. The van der Waals surface area contributed by atoms with E-state index in [1.54, 1.807) is 45.0 Å². The highest BCUT2D eigenvalue weighted by Gasteiger charge is 2.22. The molecule has 0 unspecified atom stereocenters. The van der Waals surface area contributed by atoms with Crippen LogP contribution in [0.25, 0.3) is 11.1 Å². The highest BCUT2D eigenvalue weighted by molar-refractivity contribution is 6.30. The Labute approximate surface area is 188 Å². The van der Waals surface area contributed by atoms with E-state index in [0.717, 1.165) is 22.3 Å². The van der Waals surface area contributed by atoms with E-state index in [-0.39, 0.29) is 5.91 Å². The van der Waals surface area contributed by atoms with Crippen LogP contribution < -0.4 is 5.32 Å². The first-order chi connectivity index (χ1) is 14.5. The first-order valence-corrected chi connectivity index (χ1v) is 10.4. The largest absolute Gasteiger partial charge is 0.456 e. The molecule has 3 aromatic carbocycles. The maximum atomic E-state index is 13.1. The molecule has 5 heteroatoms. The lowest BCUT2D eigenvalue weighted by atomic mass is 10.0. The van der Waals surface area contributed by atoms with Crippen LogP contribution in [0.5, 0.6) is 0 Å². The molecule has 0 aliphatic rings. The van der Waals surface area contributed by atoms with Gasteiger partial charge in [-0.15, -0.1) is 0 Å². The number of esters is 1. The summed E-state index contributed by atoms with van der Waals surface area (Å²) < 4.78 is 5.55. The second-order valence-corrected chi connectivity index (χ2v) is 8.91. The second kappa shape index (κ2) is 8.94. The summed E-state index contributed by atoms with van der Waals surface area (Å²) in [5, 5.41) is 3.52. The van der Waals surface area contributed by atoms with Gasteiger partial charge in [0.1, 0.15) is 5.60 Å². The average molecular weight is 436 g/mol.